The number of aryl methyl sites for hydroxylation is 1. The van der Waals surface area contributed by atoms with Crippen molar-refractivity contribution in [3.8, 4) is 0 Å². The summed E-state index contributed by atoms with van der Waals surface area (Å²) in [5.74, 6) is -0.106. The maximum Gasteiger partial charge on any atom is 0.265 e. The number of carbonyl (C=O) groups excluding carboxylic acids is 1. The molecular formula is C10H14N2O. The van der Waals surface area contributed by atoms with Gasteiger partial charge in [0, 0.05) is 12.6 Å². The van der Waals surface area contributed by atoms with Crippen LogP contribution in [0.5, 0.6) is 0 Å². The average Bonchev–Trinajstić information content (AvgIpc) is 2.18. The minimum atomic E-state index is -0.106. The van der Waals surface area contributed by atoms with Gasteiger partial charge in [-0.1, -0.05) is 19.1 Å². The van der Waals surface area contributed by atoms with Gasteiger partial charge in [-0.3, -0.25) is 10.2 Å². The van der Waals surface area contributed by atoms with Crippen molar-refractivity contribution >= 4 is 5.91 Å². The Labute approximate surface area is 78.1 Å². The first kappa shape index (κ1) is 9.74. The zero-order valence-electron chi connectivity index (χ0n) is 7.92. The smallest absolute Gasteiger partial charge is 0.265 e. The van der Waals surface area contributed by atoms with Crippen molar-refractivity contribution in [3.05, 3.63) is 35.4 Å². The van der Waals surface area contributed by atoms with E-state index in [4.69, 9.17) is 0 Å². The fourth-order valence-electron chi connectivity index (χ4n) is 1.08. The molecule has 13 heavy (non-hydrogen) atoms. The molecule has 70 valence electrons. The van der Waals surface area contributed by atoms with Gasteiger partial charge in [0.15, 0.2) is 0 Å². The molecule has 1 amide bonds. The van der Waals surface area contributed by atoms with Crippen LogP contribution in [0.3, 0.4) is 0 Å². The van der Waals surface area contributed by atoms with E-state index in [2.05, 4.69) is 17.8 Å². The van der Waals surface area contributed by atoms with Crippen molar-refractivity contribution in [1.29, 1.82) is 0 Å². The summed E-state index contributed by atoms with van der Waals surface area (Å²) in [6.45, 7) is 2.09. The summed E-state index contributed by atoms with van der Waals surface area (Å²) in [6.07, 6.45) is 0.994. The van der Waals surface area contributed by atoms with Gasteiger partial charge in [0.1, 0.15) is 0 Å². The number of benzene rings is 1. The van der Waals surface area contributed by atoms with Crippen molar-refractivity contribution in [1.82, 2.24) is 10.9 Å². The Hall–Kier alpha value is -1.35. The zero-order chi connectivity index (χ0) is 9.68. The van der Waals surface area contributed by atoms with Crippen LogP contribution in [0.4, 0.5) is 0 Å². The van der Waals surface area contributed by atoms with Gasteiger partial charge in [-0.05, 0) is 24.1 Å². The number of hydrogen-bond acceptors (Lipinski definition) is 2. The number of hydrazine groups is 1. The van der Waals surface area contributed by atoms with Crippen LogP contribution in [0.2, 0.25) is 0 Å². The maximum atomic E-state index is 11.3. The van der Waals surface area contributed by atoms with Crippen molar-refractivity contribution < 1.29 is 4.79 Å². The van der Waals surface area contributed by atoms with E-state index in [1.54, 1.807) is 7.05 Å². The van der Waals surface area contributed by atoms with Crippen LogP contribution in [0.25, 0.3) is 0 Å². The Morgan fingerprint density at radius 3 is 2.38 bits per heavy atom. The van der Waals surface area contributed by atoms with Gasteiger partial charge in [0.05, 0.1) is 0 Å². The fraction of sp³-hybridized carbons (Fsp3) is 0.300. The lowest BCUT2D eigenvalue weighted by atomic mass is 10.1. The summed E-state index contributed by atoms with van der Waals surface area (Å²) in [7, 11) is 1.66. The fourth-order valence-corrected chi connectivity index (χ4v) is 1.08. The van der Waals surface area contributed by atoms with Crippen LogP contribution in [0, 0.1) is 0 Å². The Morgan fingerprint density at radius 2 is 1.92 bits per heavy atom. The van der Waals surface area contributed by atoms with E-state index in [-0.39, 0.29) is 5.91 Å². The number of hydrogen-bond donors (Lipinski definition) is 2. The third-order valence-corrected chi connectivity index (χ3v) is 1.86. The molecule has 0 fully saturated rings. The predicted molar refractivity (Wildman–Crippen MR) is 52.3 cm³/mol. The second-order valence-electron chi connectivity index (χ2n) is 2.75. The summed E-state index contributed by atoms with van der Waals surface area (Å²) in [4.78, 5) is 11.3. The average molecular weight is 178 g/mol. The Bertz CT molecular complexity index is 279. The molecule has 0 unspecified atom stereocenters. The molecule has 0 aromatic heterocycles. The van der Waals surface area contributed by atoms with Crippen molar-refractivity contribution in [2.45, 2.75) is 13.3 Å². The van der Waals surface area contributed by atoms with Gasteiger partial charge in [0.25, 0.3) is 5.91 Å². The Kier molecular flexibility index (Phi) is 3.46. The van der Waals surface area contributed by atoms with E-state index in [0.29, 0.717) is 5.56 Å². The van der Waals surface area contributed by atoms with E-state index in [1.807, 2.05) is 24.3 Å². The number of nitrogens with one attached hydrogen (secondary N) is 2. The molecule has 2 N–H and O–H groups in total. The first-order chi connectivity index (χ1) is 6.27. The first-order valence-corrected chi connectivity index (χ1v) is 4.34. The molecule has 0 radical (unpaired) electrons. The molecule has 1 aromatic carbocycles. The maximum absolute atomic E-state index is 11.3. The van der Waals surface area contributed by atoms with Crippen LogP contribution < -0.4 is 10.9 Å². The molecular weight excluding hydrogens is 164 g/mol. The molecule has 1 rings (SSSR count). The monoisotopic (exact) mass is 178 g/mol. The van der Waals surface area contributed by atoms with Crippen LogP contribution in [-0.4, -0.2) is 13.0 Å². The van der Waals surface area contributed by atoms with Gasteiger partial charge >= 0.3 is 0 Å². The van der Waals surface area contributed by atoms with Crippen molar-refractivity contribution in [3.63, 3.8) is 0 Å². The molecule has 3 heteroatoms. The molecule has 0 atom stereocenters. The van der Waals surface area contributed by atoms with Gasteiger partial charge in [-0.25, -0.2) is 5.43 Å². The van der Waals surface area contributed by atoms with Crippen molar-refractivity contribution in [2.24, 2.45) is 0 Å². The highest BCUT2D eigenvalue weighted by molar-refractivity contribution is 5.93. The van der Waals surface area contributed by atoms with Crippen LogP contribution in [0.15, 0.2) is 24.3 Å². The highest BCUT2D eigenvalue weighted by Crippen LogP contribution is 2.04. The molecule has 1 aromatic rings. The summed E-state index contributed by atoms with van der Waals surface area (Å²) in [5.41, 5.74) is 7.02. The van der Waals surface area contributed by atoms with Crippen LogP contribution >= 0.6 is 0 Å². The Morgan fingerprint density at radius 1 is 1.31 bits per heavy atom. The van der Waals surface area contributed by atoms with E-state index in [9.17, 15) is 4.79 Å². The lowest BCUT2D eigenvalue weighted by Gasteiger charge is -2.03. The molecule has 0 saturated carbocycles. The predicted octanol–water partition coefficient (Wildman–Crippen LogP) is 1.11. The van der Waals surface area contributed by atoms with Crippen LogP contribution in [0.1, 0.15) is 22.8 Å². The number of rotatable bonds is 3. The number of carbonyl (C=O) groups is 1. The quantitative estimate of drug-likeness (QED) is 0.681. The van der Waals surface area contributed by atoms with Crippen LogP contribution in [-0.2, 0) is 6.42 Å². The lowest BCUT2D eigenvalue weighted by Crippen LogP contribution is -2.34. The van der Waals surface area contributed by atoms with Gasteiger partial charge in [-0.2, -0.15) is 0 Å². The lowest BCUT2D eigenvalue weighted by molar-refractivity contribution is 0.0938. The third-order valence-electron chi connectivity index (χ3n) is 1.86. The van der Waals surface area contributed by atoms with Gasteiger partial charge in [-0.15, -0.1) is 0 Å². The summed E-state index contributed by atoms with van der Waals surface area (Å²) in [5, 5.41) is 0. The molecule has 0 aliphatic heterocycles. The Balaban J connectivity index is 2.74. The molecule has 0 spiro atoms. The molecule has 0 aliphatic carbocycles. The van der Waals surface area contributed by atoms with E-state index in [1.165, 1.54) is 5.56 Å². The highest BCUT2D eigenvalue weighted by atomic mass is 16.2. The summed E-state index contributed by atoms with van der Waals surface area (Å²) in [6, 6.07) is 7.58. The largest absolute Gasteiger partial charge is 0.288 e. The van der Waals surface area contributed by atoms with E-state index >= 15 is 0 Å². The van der Waals surface area contributed by atoms with Gasteiger partial charge < -0.3 is 0 Å². The summed E-state index contributed by atoms with van der Waals surface area (Å²) < 4.78 is 0. The molecule has 0 bridgehead atoms. The standard InChI is InChI=1S/C10H14N2O/c1-3-8-4-6-9(7-5-8)10(13)12-11-2/h4-7,11H,3H2,1-2H3,(H,12,13). The normalized spacial score (nSPS) is 9.69. The second kappa shape index (κ2) is 4.62. The molecule has 0 saturated heterocycles. The minimum Gasteiger partial charge on any atom is -0.288 e. The third kappa shape index (κ3) is 2.56. The van der Waals surface area contributed by atoms with Crippen molar-refractivity contribution in [2.75, 3.05) is 7.05 Å². The number of amides is 1. The summed E-state index contributed by atoms with van der Waals surface area (Å²) >= 11 is 0. The highest BCUT2D eigenvalue weighted by Gasteiger charge is 2.02. The van der Waals surface area contributed by atoms with E-state index in [0.717, 1.165) is 6.42 Å². The molecule has 0 aliphatic rings. The SMILES string of the molecule is CCc1ccc(C(=O)NNC)cc1. The molecule has 0 heterocycles. The van der Waals surface area contributed by atoms with Gasteiger partial charge in [0.2, 0.25) is 0 Å². The zero-order valence-corrected chi connectivity index (χ0v) is 7.92. The van der Waals surface area contributed by atoms with E-state index < -0.39 is 0 Å². The minimum absolute atomic E-state index is 0.106. The topological polar surface area (TPSA) is 41.1 Å². The molecule has 3 nitrogen and oxygen atoms in total. The first-order valence-electron chi connectivity index (χ1n) is 4.34. The second-order valence-corrected chi connectivity index (χ2v) is 2.75.